The molecule has 0 bridgehead atoms. The third-order valence-corrected chi connectivity index (χ3v) is 3.44. The van der Waals surface area contributed by atoms with Crippen molar-refractivity contribution in [2.24, 2.45) is 11.7 Å². The molecule has 19 heavy (non-hydrogen) atoms. The van der Waals surface area contributed by atoms with E-state index in [0.717, 1.165) is 17.6 Å². The summed E-state index contributed by atoms with van der Waals surface area (Å²) in [5.74, 6) is -0.0617. The standard InChI is InChI=1S/C9H17N5O3S2/c1-5(2)4-6(10)7(15)11-8-12-13-9(18-8)14-19(3,16)17/h5-6H,4,10H2,1-3H3,(H,13,14)(H,11,12,15)/t6-/m0/s1. The summed E-state index contributed by atoms with van der Waals surface area (Å²) in [6.07, 6.45) is 1.56. The average Bonchev–Trinajstić information content (AvgIpc) is 2.61. The van der Waals surface area contributed by atoms with Gasteiger partial charge in [-0.2, -0.15) is 0 Å². The molecular weight excluding hydrogens is 290 g/mol. The van der Waals surface area contributed by atoms with Gasteiger partial charge >= 0.3 is 0 Å². The third kappa shape index (κ3) is 5.94. The number of nitrogens with zero attached hydrogens (tertiary/aromatic N) is 2. The Hall–Kier alpha value is -1.26. The Labute approximate surface area is 115 Å². The molecule has 0 unspecified atom stereocenters. The van der Waals surface area contributed by atoms with Crippen molar-refractivity contribution in [2.75, 3.05) is 16.3 Å². The Balaban J connectivity index is 2.61. The second kappa shape index (κ2) is 6.26. The Morgan fingerprint density at radius 3 is 2.47 bits per heavy atom. The lowest BCUT2D eigenvalue weighted by Gasteiger charge is -2.12. The number of anilines is 2. The molecule has 0 saturated carbocycles. The van der Waals surface area contributed by atoms with Crippen molar-refractivity contribution < 1.29 is 13.2 Å². The first kappa shape index (κ1) is 15.8. The first-order valence-corrected chi connectivity index (χ1v) is 8.26. The summed E-state index contributed by atoms with van der Waals surface area (Å²) >= 11 is 0.924. The summed E-state index contributed by atoms with van der Waals surface area (Å²) in [7, 11) is -3.40. The number of rotatable bonds is 6. The third-order valence-electron chi connectivity index (χ3n) is 1.99. The summed E-state index contributed by atoms with van der Waals surface area (Å²) in [5, 5.41) is 10.0. The van der Waals surface area contributed by atoms with E-state index in [9.17, 15) is 13.2 Å². The maximum absolute atomic E-state index is 11.7. The molecule has 1 aromatic heterocycles. The average molecular weight is 307 g/mol. The van der Waals surface area contributed by atoms with Gasteiger partial charge in [0.1, 0.15) is 0 Å². The van der Waals surface area contributed by atoms with Gasteiger partial charge in [0.2, 0.25) is 26.2 Å². The molecule has 0 aliphatic rings. The van der Waals surface area contributed by atoms with Gasteiger partial charge in [0.25, 0.3) is 0 Å². The fourth-order valence-electron chi connectivity index (χ4n) is 1.29. The highest BCUT2D eigenvalue weighted by atomic mass is 32.2. The maximum Gasteiger partial charge on any atom is 0.243 e. The van der Waals surface area contributed by atoms with Crippen LogP contribution in [0.25, 0.3) is 0 Å². The van der Waals surface area contributed by atoms with E-state index in [1.165, 1.54) is 0 Å². The van der Waals surface area contributed by atoms with Crippen LogP contribution in [0, 0.1) is 5.92 Å². The van der Waals surface area contributed by atoms with Crippen LogP contribution in [0.4, 0.5) is 10.3 Å². The van der Waals surface area contributed by atoms with E-state index in [0.29, 0.717) is 12.3 Å². The van der Waals surface area contributed by atoms with Crippen molar-refractivity contribution in [3.8, 4) is 0 Å². The Kier molecular flexibility index (Phi) is 5.20. The minimum absolute atomic E-state index is 0.0928. The number of sulfonamides is 1. The van der Waals surface area contributed by atoms with E-state index >= 15 is 0 Å². The molecule has 0 aromatic carbocycles. The summed E-state index contributed by atoms with van der Waals surface area (Å²) < 4.78 is 24.1. The van der Waals surface area contributed by atoms with Crippen molar-refractivity contribution >= 4 is 37.5 Å². The molecule has 8 nitrogen and oxygen atoms in total. The molecular formula is C9H17N5O3S2. The van der Waals surface area contributed by atoms with Gasteiger partial charge in [0.05, 0.1) is 12.3 Å². The van der Waals surface area contributed by atoms with E-state index in [1.807, 2.05) is 13.8 Å². The van der Waals surface area contributed by atoms with E-state index in [1.54, 1.807) is 0 Å². The van der Waals surface area contributed by atoms with Crippen LogP contribution in [0.1, 0.15) is 20.3 Å². The van der Waals surface area contributed by atoms with Gasteiger partial charge < -0.3 is 5.73 Å². The lowest BCUT2D eigenvalue weighted by molar-refractivity contribution is -0.117. The summed E-state index contributed by atoms with van der Waals surface area (Å²) in [4.78, 5) is 11.7. The topological polar surface area (TPSA) is 127 Å². The minimum Gasteiger partial charge on any atom is -0.320 e. The molecule has 10 heteroatoms. The molecule has 0 fully saturated rings. The molecule has 1 atom stereocenters. The number of carbonyl (C=O) groups is 1. The molecule has 0 radical (unpaired) electrons. The van der Waals surface area contributed by atoms with Crippen LogP contribution in [0.3, 0.4) is 0 Å². The smallest absolute Gasteiger partial charge is 0.243 e. The van der Waals surface area contributed by atoms with Crippen molar-refractivity contribution in [2.45, 2.75) is 26.3 Å². The fraction of sp³-hybridized carbons (Fsp3) is 0.667. The van der Waals surface area contributed by atoms with E-state index in [2.05, 4.69) is 20.2 Å². The normalized spacial score (nSPS) is 13.3. The molecule has 0 saturated heterocycles. The molecule has 0 spiro atoms. The van der Waals surface area contributed by atoms with Crippen LogP contribution < -0.4 is 15.8 Å². The molecule has 1 amide bonds. The quantitative estimate of drug-likeness (QED) is 0.690. The number of hydrogen-bond donors (Lipinski definition) is 3. The zero-order valence-corrected chi connectivity index (χ0v) is 12.5. The molecule has 0 aliphatic carbocycles. The Morgan fingerprint density at radius 2 is 1.95 bits per heavy atom. The second-order valence-corrected chi connectivity index (χ2v) is 7.24. The van der Waals surface area contributed by atoms with Gasteiger partial charge in [-0.05, 0) is 12.3 Å². The Bertz CT molecular complexity index is 540. The number of hydrogen-bond acceptors (Lipinski definition) is 7. The maximum atomic E-state index is 11.7. The number of nitrogens with one attached hydrogen (secondary N) is 2. The number of aromatic nitrogens is 2. The van der Waals surface area contributed by atoms with Crippen LogP contribution in [0.2, 0.25) is 0 Å². The highest BCUT2D eigenvalue weighted by molar-refractivity contribution is 7.92. The van der Waals surface area contributed by atoms with Crippen molar-refractivity contribution in [1.29, 1.82) is 0 Å². The van der Waals surface area contributed by atoms with Crippen LogP contribution >= 0.6 is 11.3 Å². The molecule has 1 heterocycles. The van der Waals surface area contributed by atoms with Gasteiger partial charge in [0.15, 0.2) is 0 Å². The van der Waals surface area contributed by atoms with E-state index in [-0.39, 0.29) is 16.2 Å². The summed E-state index contributed by atoms with van der Waals surface area (Å²) in [6.45, 7) is 3.93. The van der Waals surface area contributed by atoms with Gasteiger partial charge in [-0.1, -0.05) is 25.2 Å². The van der Waals surface area contributed by atoms with Gasteiger partial charge in [-0.15, -0.1) is 10.2 Å². The zero-order chi connectivity index (χ0) is 14.6. The first-order chi connectivity index (χ1) is 8.67. The highest BCUT2D eigenvalue weighted by Gasteiger charge is 2.17. The SMILES string of the molecule is CC(C)C[C@H](N)C(=O)Nc1nnc(NS(C)(=O)=O)s1. The van der Waals surface area contributed by atoms with Crippen molar-refractivity contribution in [1.82, 2.24) is 10.2 Å². The van der Waals surface area contributed by atoms with Gasteiger partial charge in [0, 0.05) is 0 Å². The zero-order valence-electron chi connectivity index (χ0n) is 10.9. The largest absolute Gasteiger partial charge is 0.320 e. The second-order valence-electron chi connectivity index (χ2n) is 4.51. The lowest BCUT2D eigenvalue weighted by Crippen LogP contribution is -2.36. The molecule has 4 N–H and O–H groups in total. The number of amides is 1. The minimum atomic E-state index is -3.40. The predicted molar refractivity (Wildman–Crippen MR) is 74.4 cm³/mol. The van der Waals surface area contributed by atoms with Crippen LogP contribution in [0.15, 0.2) is 0 Å². The van der Waals surface area contributed by atoms with Crippen molar-refractivity contribution in [3.05, 3.63) is 0 Å². The monoisotopic (exact) mass is 307 g/mol. The van der Waals surface area contributed by atoms with E-state index < -0.39 is 16.1 Å². The lowest BCUT2D eigenvalue weighted by atomic mass is 10.0. The van der Waals surface area contributed by atoms with Crippen molar-refractivity contribution in [3.63, 3.8) is 0 Å². The first-order valence-electron chi connectivity index (χ1n) is 5.55. The van der Waals surface area contributed by atoms with Crippen LogP contribution in [-0.4, -0.2) is 36.8 Å². The summed E-state index contributed by atoms with van der Waals surface area (Å²) in [6, 6.07) is -0.629. The Morgan fingerprint density at radius 1 is 1.37 bits per heavy atom. The fourth-order valence-corrected chi connectivity index (χ4v) is 2.76. The van der Waals surface area contributed by atoms with Crippen LogP contribution in [0.5, 0.6) is 0 Å². The van der Waals surface area contributed by atoms with E-state index in [4.69, 9.17) is 5.73 Å². The molecule has 0 aliphatic heterocycles. The number of carbonyl (C=O) groups excluding carboxylic acids is 1. The highest BCUT2D eigenvalue weighted by Crippen LogP contribution is 2.20. The number of nitrogens with two attached hydrogens (primary N) is 1. The molecule has 1 rings (SSSR count). The predicted octanol–water partition coefficient (Wildman–Crippen LogP) is 0.221. The summed E-state index contributed by atoms with van der Waals surface area (Å²) in [5.41, 5.74) is 5.71. The van der Waals surface area contributed by atoms with Gasteiger partial charge in [-0.3, -0.25) is 14.8 Å². The molecule has 108 valence electrons. The van der Waals surface area contributed by atoms with Gasteiger partial charge in [-0.25, -0.2) is 8.42 Å². The molecule has 1 aromatic rings. The van der Waals surface area contributed by atoms with Crippen LogP contribution in [-0.2, 0) is 14.8 Å².